The van der Waals surface area contributed by atoms with Crippen molar-refractivity contribution in [2.24, 2.45) is 0 Å². The molecule has 0 atom stereocenters. The van der Waals surface area contributed by atoms with E-state index in [1.807, 2.05) is 25.1 Å². The number of rotatable bonds is 3. The number of furan rings is 1. The summed E-state index contributed by atoms with van der Waals surface area (Å²) in [6.45, 7) is 2.52. The molecule has 0 radical (unpaired) electrons. The summed E-state index contributed by atoms with van der Waals surface area (Å²) in [5.41, 5.74) is 1.52. The van der Waals surface area contributed by atoms with Crippen LogP contribution in [0.5, 0.6) is 0 Å². The van der Waals surface area contributed by atoms with Crippen LogP contribution in [0.4, 0.5) is 5.69 Å². The summed E-state index contributed by atoms with van der Waals surface area (Å²) >= 11 is 3.37. The first-order valence-electron chi connectivity index (χ1n) is 5.17. The third kappa shape index (κ3) is 3.11. The van der Waals surface area contributed by atoms with Crippen molar-refractivity contribution in [1.29, 1.82) is 5.26 Å². The van der Waals surface area contributed by atoms with Gasteiger partial charge in [-0.3, -0.25) is 0 Å². The van der Waals surface area contributed by atoms with E-state index >= 15 is 0 Å². The summed E-state index contributed by atoms with van der Waals surface area (Å²) in [6, 6.07) is 11.5. The number of halogens is 1. The van der Waals surface area contributed by atoms with Gasteiger partial charge >= 0.3 is 0 Å². The number of anilines is 1. The lowest BCUT2D eigenvalue weighted by atomic mass is 10.2. The van der Waals surface area contributed by atoms with Crippen LogP contribution >= 0.6 is 15.9 Å². The Balaban J connectivity index is 2.09. The monoisotopic (exact) mass is 290 g/mol. The van der Waals surface area contributed by atoms with Gasteiger partial charge < -0.3 is 9.73 Å². The first-order chi connectivity index (χ1) is 8.17. The average Bonchev–Trinajstić information content (AvgIpc) is 2.72. The number of aryl methyl sites for hydroxylation is 1. The molecule has 17 heavy (non-hydrogen) atoms. The van der Waals surface area contributed by atoms with Gasteiger partial charge in [-0.25, -0.2) is 0 Å². The minimum absolute atomic E-state index is 0.606. The van der Waals surface area contributed by atoms with E-state index in [0.29, 0.717) is 12.1 Å². The van der Waals surface area contributed by atoms with Gasteiger partial charge in [0.1, 0.15) is 11.5 Å². The second-order valence-corrected chi connectivity index (χ2v) is 4.62. The van der Waals surface area contributed by atoms with E-state index < -0.39 is 0 Å². The topological polar surface area (TPSA) is 49.0 Å². The van der Waals surface area contributed by atoms with Gasteiger partial charge in [-0.05, 0) is 37.3 Å². The van der Waals surface area contributed by atoms with Crippen LogP contribution < -0.4 is 5.32 Å². The highest BCUT2D eigenvalue weighted by atomic mass is 79.9. The Bertz CT molecular complexity index is 569. The summed E-state index contributed by atoms with van der Waals surface area (Å²) in [5, 5.41) is 12.1. The van der Waals surface area contributed by atoms with Crippen molar-refractivity contribution >= 4 is 21.6 Å². The van der Waals surface area contributed by atoms with Gasteiger partial charge in [0, 0.05) is 10.2 Å². The summed E-state index contributed by atoms with van der Waals surface area (Å²) < 4.78 is 6.34. The molecule has 1 aromatic carbocycles. The van der Waals surface area contributed by atoms with Crippen LogP contribution in [-0.2, 0) is 6.54 Å². The van der Waals surface area contributed by atoms with E-state index in [-0.39, 0.29) is 0 Å². The van der Waals surface area contributed by atoms with Crippen LogP contribution in [0.15, 0.2) is 39.2 Å². The first-order valence-corrected chi connectivity index (χ1v) is 5.96. The lowest BCUT2D eigenvalue weighted by Crippen LogP contribution is -1.98. The molecule has 86 valence electrons. The van der Waals surface area contributed by atoms with Crippen molar-refractivity contribution in [3.8, 4) is 6.07 Å². The van der Waals surface area contributed by atoms with E-state index in [2.05, 4.69) is 27.3 Å². The number of hydrogen-bond acceptors (Lipinski definition) is 3. The lowest BCUT2D eigenvalue weighted by molar-refractivity contribution is 0.490. The van der Waals surface area contributed by atoms with Gasteiger partial charge in [-0.2, -0.15) is 5.26 Å². The summed E-state index contributed by atoms with van der Waals surface area (Å²) in [5.74, 6) is 1.77. The molecule has 0 aliphatic carbocycles. The molecule has 0 saturated heterocycles. The van der Waals surface area contributed by atoms with Crippen LogP contribution in [0.3, 0.4) is 0 Å². The highest BCUT2D eigenvalue weighted by molar-refractivity contribution is 9.10. The normalized spacial score (nSPS) is 9.94. The fourth-order valence-electron chi connectivity index (χ4n) is 1.53. The highest BCUT2D eigenvalue weighted by Gasteiger charge is 2.01. The van der Waals surface area contributed by atoms with Crippen molar-refractivity contribution < 1.29 is 4.42 Å². The predicted molar refractivity (Wildman–Crippen MR) is 69.6 cm³/mol. The van der Waals surface area contributed by atoms with Crippen molar-refractivity contribution in [3.63, 3.8) is 0 Å². The van der Waals surface area contributed by atoms with Gasteiger partial charge in [-0.15, -0.1) is 0 Å². The zero-order valence-corrected chi connectivity index (χ0v) is 10.9. The molecule has 0 spiro atoms. The van der Waals surface area contributed by atoms with Gasteiger partial charge in [0.15, 0.2) is 0 Å². The molecule has 0 amide bonds. The molecule has 0 bridgehead atoms. The number of nitrogens with zero attached hydrogens (tertiary/aromatic N) is 1. The zero-order chi connectivity index (χ0) is 12.3. The van der Waals surface area contributed by atoms with Crippen molar-refractivity contribution in [3.05, 3.63) is 51.9 Å². The molecule has 0 aliphatic heterocycles. The summed E-state index contributed by atoms with van der Waals surface area (Å²) in [6.07, 6.45) is 0. The molecule has 0 unspecified atom stereocenters. The molecule has 3 nitrogen and oxygen atoms in total. The standard InChI is InChI=1S/C13H11BrN2O/c1-9-2-3-13(17-9)8-16-12-5-10(7-15)4-11(14)6-12/h2-6,16H,8H2,1H3. The highest BCUT2D eigenvalue weighted by Crippen LogP contribution is 2.20. The minimum Gasteiger partial charge on any atom is -0.465 e. The molecular weight excluding hydrogens is 280 g/mol. The van der Waals surface area contributed by atoms with E-state index in [1.165, 1.54) is 0 Å². The Kier molecular flexibility index (Phi) is 3.50. The number of nitriles is 1. The van der Waals surface area contributed by atoms with Gasteiger partial charge in [0.05, 0.1) is 18.2 Å². The van der Waals surface area contributed by atoms with Crippen LogP contribution in [-0.4, -0.2) is 0 Å². The van der Waals surface area contributed by atoms with Crippen molar-refractivity contribution in [2.45, 2.75) is 13.5 Å². The Labute approximate surface area is 108 Å². The molecule has 1 aromatic heterocycles. The number of nitrogens with one attached hydrogen (secondary N) is 1. The van der Waals surface area contributed by atoms with Crippen molar-refractivity contribution in [1.82, 2.24) is 0 Å². The van der Waals surface area contributed by atoms with Gasteiger partial charge in [0.25, 0.3) is 0 Å². The van der Waals surface area contributed by atoms with Crippen LogP contribution in [0.1, 0.15) is 17.1 Å². The molecular formula is C13H11BrN2O. The Morgan fingerprint density at radius 1 is 1.35 bits per heavy atom. The second kappa shape index (κ2) is 5.07. The van der Waals surface area contributed by atoms with E-state index in [4.69, 9.17) is 9.68 Å². The summed E-state index contributed by atoms with van der Waals surface area (Å²) in [7, 11) is 0. The quantitative estimate of drug-likeness (QED) is 0.934. The zero-order valence-electron chi connectivity index (χ0n) is 9.33. The summed E-state index contributed by atoms with van der Waals surface area (Å²) in [4.78, 5) is 0. The SMILES string of the molecule is Cc1ccc(CNc2cc(Br)cc(C#N)c2)o1. The maximum Gasteiger partial charge on any atom is 0.123 e. The van der Waals surface area contributed by atoms with Crippen LogP contribution in [0.2, 0.25) is 0 Å². The van der Waals surface area contributed by atoms with Gasteiger partial charge in [0.2, 0.25) is 0 Å². The molecule has 4 heteroatoms. The Morgan fingerprint density at radius 2 is 2.18 bits per heavy atom. The van der Waals surface area contributed by atoms with Crippen LogP contribution in [0.25, 0.3) is 0 Å². The molecule has 0 saturated carbocycles. The third-order valence-corrected chi connectivity index (χ3v) is 2.75. The maximum absolute atomic E-state index is 8.86. The predicted octanol–water partition coefficient (Wildman–Crippen LogP) is 3.83. The Morgan fingerprint density at radius 3 is 2.82 bits per heavy atom. The lowest BCUT2D eigenvalue weighted by Gasteiger charge is -2.05. The van der Waals surface area contributed by atoms with Crippen LogP contribution in [0, 0.1) is 18.3 Å². The largest absolute Gasteiger partial charge is 0.465 e. The average molecular weight is 291 g/mol. The number of hydrogen-bond donors (Lipinski definition) is 1. The molecule has 1 heterocycles. The van der Waals surface area contributed by atoms with E-state index in [1.54, 1.807) is 12.1 Å². The van der Waals surface area contributed by atoms with E-state index in [9.17, 15) is 0 Å². The third-order valence-electron chi connectivity index (χ3n) is 2.29. The van der Waals surface area contributed by atoms with Crippen molar-refractivity contribution in [2.75, 3.05) is 5.32 Å². The maximum atomic E-state index is 8.86. The fourth-order valence-corrected chi connectivity index (χ4v) is 2.02. The molecule has 2 aromatic rings. The molecule has 1 N–H and O–H groups in total. The molecule has 2 rings (SSSR count). The minimum atomic E-state index is 0.606. The fraction of sp³-hybridized carbons (Fsp3) is 0.154. The first kappa shape index (κ1) is 11.7. The molecule has 0 fully saturated rings. The Hall–Kier alpha value is -1.73. The van der Waals surface area contributed by atoms with Gasteiger partial charge in [-0.1, -0.05) is 15.9 Å². The molecule has 0 aliphatic rings. The van der Waals surface area contributed by atoms with E-state index in [0.717, 1.165) is 21.7 Å². The second-order valence-electron chi connectivity index (χ2n) is 3.71. The number of benzene rings is 1. The smallest absolute Gasteiger partial charge is 0.123 e.